The quantitative estimate of drug-likeness (QED) is 0.600. The van der Waals surface area contributed by atoms with Crippen molar-refractivity contribution in [2.45, 2.75) is 11.6 Å². The van der Waals surface area contributed by atoms with E-state index in [0.29, 0.717) is 0 Å². The van der Waals surface area contributed by atoms with Crippen molar-refractivity contribution in [3.63, 3.8) is 0 Å². The Labute approximate surface area is 73.0 Å². The molecule has 0 N–H and O–H groups in total. The van der Waals surface area contributed by atoms with E-state index in [2.05, 4.69) is 6.07 Å². The molecule has 0 aliphatic carbocycles. The zero-order chi connectivity index (χ0) is 9.19. The fourth-order valence-corrected chi connectivity index (χ4v) is 0.890. The molecule has 0 saturated heterocycles. The smallest absolute Gasteiger partial charge is 0.169 e. The van der Waals surface area contributed by atoms with Gasteiger partial charge in [-0.2, -0.15) is 13.2 Å². The molecule has 4 heteroatoms. The molecule has 0 aromatic heterocycles. The van der Waals surface area contributed by atoms with Gasteiger partial charge in [0.25, 0.3) is 0 Å². The summed E-state index contributed by atoms with van der Waals surface area (Å²) in [5.74, 6) is 0. The second-order valence-corrected chi connectivity index (χ2v) is 2.68. The molecule has 0 bridgehead atoms. The molecule has 1 aromatic carbocycles. The summed E-state index contributed by atoms with van der Waals surface area (Å²) in [4.78, 5) is 0. The lowest BCUT2D eigenvalue weighted by Crippen LogP contribution is -2.15. The molecule has 65 valence electrons. The zero-order valence-corrected chi connectivity index (χ0v) is 6.65. The second kappa shape index (κ2) is 3.35. The predicted octanol–water partition coefficient (Wildman–Crippen LogP) is 3.33. The molecule has 0 amide bonds. The van der Waals surface area contributed by atoms with Crippen LogP contribution in [0.15, 0.2) is 24.3 Å². The van der Waals surface area contributed by atoms with Gasteiger partial charge in [0.2, 0.25) is 0 Å². The van der Waals surface area contributed by atoms with Crippen LogP contribution in [0.2, 0.25) is 0 Å². The molecule has 1 aromatic rings. The van der Waals surface area contributed by atoms with Crippen LogP contribution >= 0.6 is 11.6 Å². The lowest BCUT2D eigenvalue weighted by molar-refractivity contribution is -0.131. The average molecular weight is 194 g/mol. The fourth-order valence-electron chi connectivity index (χ4n) is 0.754. The second-order valence-electron chi connectivity index (χ2n) is 2.24. The Balaban J connectivity index is 2.86. The zero-order valence-electron chi connectivity index (χ0n) is 5.90. The molecule has 0 aliphatic rings. The Morgan fingerprint density at radius 3 is 2.50 bits per heavy atom. The Bertz CT molecular complexity index is 242. The molecule has 1 atom stereocenters. The molecule has 0 nitrogen and oxygen atoms in total. The van der Waals surface area contributed by atoms with Crippen molar-refractivity contribution >= 4 is 11.6 Å². The summed E-state index contributed by atoms with van der Waals surface area (Å²) < 4.78 is 36.0. The van der Waals surface area contributed by atoms with E-state index in [9.17, 15) is 13.2 Å². The molecule has 1 unspecified atom stereocenters. The highest BCUT2D eigenvalue weighted by Crippen LogP contribution is 2.37. The number of rotatable bonds is 1. The molecule has 0 heterocycles. The van der Waals surface area contributed by atoms with Crippen molar-refractivity contribution in [2.75, 3.05) is 0 Å². The van der Waals surface area contributed by atoms with Crippen molar-refractivity contribution in [1.82, 2.24) is 0 Å². The maximum Gasteiger partial charge on any atom is 0.408 e. The molecule has 0 aliphatic heterocycles. The Morgan fingerprint density at radius 1 is 1.42 bits per heavy atom. The summed E-state index contributed by atoms with van der Waals surface area (Å²) in [7, 11) is 0. The van der Waals surface area contributed by atoms with Crippen molar-refractivity contribution in [3.05, 3.63) is 35.9 Å². The summed E-state index contributed by atoms with van der Waals surface area (Å²) in [5, 5.41) is -1.94. The Kier molecular flexibility index (Phi) is 2.62. The normalized spacial score (nSPS) is 14.3. The summed E-state index contributed by atoms with van der Waals surface area (Å²) in [6.07, 6.45) is -4.39. The van der Waals surface area contributed by atoms with Crippen LogP contribution in [0, 0.1) is 6.07 Å². The van der Waals surface area contributed by atoms with E-state index in [1.165, 1.54) is 24.3 Å². The summed E-state index contributed by atoms with van der Waals surface area (Å²) in [5.41, 5.74) is 0.0201. The van der Waals surface area contributed by atoms with E-state index < -0.39 is 11.6 Å². The monoisotopic (exact) mass is 193 g/mol. The number of halogens is 4. The minimum absolute atomic E-state index is 0.0201. The number of alkyl halides is 4. The number of benzene rings is 1. The van der Waals surface area contributed by atoms with E-state index in [4.69, 9.17) is 11.6 Å². The highest BCUT2D eigenvalue weighted by atomic mass is 35.5. The van der Waals surface area contributed by atoms with Gasteiger partial charge in [-0.1, -0.05) is 18.2 Å². The van der Waals surface area contributed by atoms with Gasteiger partial charge in [-0.05, 0) is 17.7 Å². The van der Waals surface area contributed by atoms with Gasteiger partial charge < -0.3 is 0 Å². The van der Waals surface area contributed by atoms with Crippen LogP contribution in [0.3, 0.4) is 0 Å². The Hall–Kier alpha value is -0.700. The minimum atomic E-state index is -4.39. The maximum absolute atomic E-state index is 12.0. The van der Waals surface area contributed by atoms with Gasteiger partial charge in [0.1, 0.15) is 0 Å². The first-order chi connectivity index (χ1) is 5.52. The van der Waals surface area contributed by atoms with Gasteiger partial charge in [-0.25, -0.2) is 0 Å². The Morgan fingerprint density at radius 2 is 2.08 bits per heavy atom. The van der Waals surface area contributed by atoms with E-state index >= 15 is 0 Å². The van der Waals surface area contributed by atoms with E-state index in [-0.39, 0.29) is 5.56 Å². The van der Waals surface area contributed by atoms with Crippen molar-refractivity contribution in [2.24, 2.45) is 0 Å². The van der Waals surface area contributed by atoms with E-state index in [1.54, 1.807) is 0 Å². The molecule has 1 rings (SSSR count). The van der Waals surface area contributed by atoms with Crippen LogP contribution in [0.25, 0.3) is 0 Å². The topological polar surface area (TPSA) is 0 Å². The first-order valence-corrected chi connectivity index (χ1v) is 3.62. The largest absolute Gasteiger partial charge is 0.408 e. The maximum atomic E-state index is 12.0. The van der Waals surface area contributed by atoms with Gasteiger partial charge in [0.05, 0.1) is 0 Å². The van der Waals surface area contributed by atoms with Crippen molar-refractivity contribution in [1.29, 1.82) is 0 Å². The molecule has 0 saturated carbocycles. The van der Waals surface area contributed by atoms with Crippen molar-refractivity contribution in [3.8, 4) is 0 Å². The third-order valence-electron chi connectivity index (χ3n) is 1.31. The van der Waals surface area contributed by atoms with Crippen LogP contribution in [-0.4, -0.2) is 6.18 Å². The summed E-state index contributed by atoms with van der Waals surface area (Å²) in [6, 6.07) is 8.06. The highest BCUT2D eigenvalue weighted by molar-refractivity contribution is 6.21. The van der Waals surface area contributed by atoms with Crippen LogP contribution in [0.5, 0.6) is 0 Å². The molecule has 1 radical (unpaired) electrons. The van der Waals surface area contributed by atoms with Crippen LogP contribution in [0.1, 0.15) is 10.9 Å². The first kappa shape index (κ1) is 9.39. The lowest BCUT2D eigenvalue weighted by atomic mass is 10.1. The standard InChI is InChI=1S/C8H5ClF3/c9-7(8(10,11)12)6-4-2-1-3-5-6/h1-2,4-5,7H. The third-order valence-corrected chi connectivity index (χ3v) is 1.81. The van der Waals surface area contributed by atoms with E-state index in [0.717, 1.165) is 0 Å². The number of hydrogen-bond donors (Lipinski definition) is 0. The van der Waals surface area contributed by atoms with Crippen molar-refractivity contribution < 1.29 is 13.2 Å². The number of hydrogen-bond acceptors (Lipinski definition) is 0. The molecule has 0 spiro atoms. The van der Waals surface area contributed by atoms with Gasteiger partial charge in [-0.15, -0.1) is 11.6 Å². The molecule has 0 fully saturated rings. The summed E-state index contributed by atoms with van der Waals surface area (Å²) >= 11 is 5.14. The van der Waals surface area contributed by atoms with Crippen LogP contribution in [-0.2, 0) is 0 Å². The van der Waals surface area contributed by atoms with Gasteiger partial charge in [-0.3, -0.25) is 0 Å². The van der Waals surface area contributed by atoms with Gasteiger partial charge >= 0.3 is 6.18 Å². The van der Waals surface area contributed by atoms with Crippen LogP contribution in [0.4, 0.5) is 13.2 Å². The fraction of sp³-hybridized carbons (Fsp3) is 0.250. The summed E-state index contributed by atoms with van der Waals surface area (Å²) in [6.45, 7) is 0. The minimum Gasteiger partial charge on any atom is -0.169 e. The SMILES string of the molecule is FC(F)(F)C(Cl)c1c[c]ccc1. The predicted molar refractivity (Wildman–Crippen MR) is 39.9 cm³/mol. The van der Waals surface area contributed by atoms with Crippen LogP contribution < -0.4 is 0 Å². The highest BCUT2D eigenvalue weighted by Gasteiger charge is 2.39. The van der Waals surface area contributed by atoms with E-state index in [1.807, 2.05) is 0 Å². The third kappa shape index (κ3) is 2.14. The molecular formula is C8H5ClF3. The van der Waals surface area contributed by atoms with Gasteiger partial charge in [0, 0.05) is 0 Å². The molecular weight excluding hydrogens is 189 g/mol. The average Bonchev–Trinajstić information content (AvgIpc) is 2.03. The van der Waals surface area contributed by atoms with Gasteiger partial charge in [0.15, 0.2) is 5.38 Å². The first-order valence-electron chi connectivity index (χ1n) is 3.18. The molecule has 12 heavy (non-hydrogen) atoms. The lowest BCUT2D eigenvalue weighted by Gasteiger charge is -2.12.